The molecule has 5 rings (SSSR count). The van der Waals surface area contributed by atoms with Crippen LogP contribution in [0.5, 0.6) is 0 Å². The van der Waals surface area contributed by atoms with Crippen LogP contribution in [0.2, 0.25) is 0 Å². The minimum absolute atomic E-state index is 0.0236. The van der Waals surface area contributed by atoms with E-state index in [1.54, 1.807) is 11.3 Å². The zero-order chi connectivity index (χ0) is 20.5. The van der Waals surface area contributed by atoms with Gasteiger partial charge in [0, 0.05) is 36.7 Å². The first-order valence-corrected chi connectivity index (χ1v) is 11.4. The molecule has 1 amide bonds. The van der Waals surface area contributed by atoms with Crippen LogP contribution < -0.4 is 10.2 Å². The third-order valence-electron chi connectivity index (χ3n) is 5.96. The maximum atomic E-state index is 12.8. The zero-order valence-corrected chi connectivity index (χ0v) is 18.0. The number of rotatable bonds is 5. The number of aromatic amines is 1. The van der Waals surface area contributed by atoms with E-state index in [4.69, 9.17) is 4.98 Å². The lowest BCUT2D eigenvalue weighted by molar-refractivity contribution is -0.125. The summed E-state index contributed by atoms with van der Waals surface area (Å²) in [6.07, 6.45) is 4.85. The van der Waals surface area contributed by atoms with E-state index >= 15 is 0 Å². The van der Waals surface area contributed by atoms with Gasteiger partial charge >= 0.3 is 0 Å². The monoisotopic (exact) mass is 418 g/mol. The van der Waals surface area contributed by atoms with Crippen molar-refractivity contribution >= 4 is 43.5 Å². The number of aromatic nitrogens is 2. The molecule has 1 aliphatic heterocycles. The first-order chi connectivity index (χ1) is 14.7. The number of para-hydroxylation sites is 1. The van der Waals surface area contributed by atoms with E-state index in [0.29, 0.717) is 6.54 Å². The summed E-state index contributed by atoms with van der Waals surface area (Å²) in [5.41, 5.74) is 4.70. The van der Waals surface area contributed by atoms with Crippen LogP contribution in [0.15, 0.2) is 48.7 Å². The second kappa shape index (κ2) is 8.11. The smallest absolute Gasteiger partial charge is 0.224 e. The standard InChI is InChI=1S/C24H26N4OS/c1-16-8-9-21-22(13-16)30-24(27-21)28-12-4-5-18(15-28)23(29)25-11-10-17-14-26-20-7-3-2-6-19(17)20/h2-3,6-9,13-14,18,26H,4-5,10-12,15H2,1H3,(H,25,29). The van der Waals surface area contributed by atoms with Crippen molar-refractivity contribution < 1.29 is 4.79 Å². The van der Waals surface area contributed by atoms with Gasteiger partial charge < -0.3 is 15.2 Å². The van der Waals surface area contributed by atoms with Crippen molar-refractivity contribution in [2.45, 2.75) is 26.2 Å². The predicted octanol–water partition coefficient (Wildman–Crippen LogP) is 4.66. The Kier molecular flexibility index (Phi) is 5.17. The molecule has 1 aliphatic rings. The fourth-order valence-corrected chi connectivity index (χ4v) is 5.42. The van der Waals surface area contributed by atoms with E-state index in [1.807, 2.05) is 12.3 Å². The second-order valence-electron chi connectivity index (χ2n) is 8.15. The number of piperidine rings is 1. The highest BCUT2D eigenvalue weighted by molar-refractivity contribution is 7.22. The quantitative estimate of drug-likeness (QED) is 0.495. The summed E-state index contributed by atoms with van der Waals surface area (Å²) in [5.74, 6) is 0.187. The molecule has 0 radical (unpaired) electrons. The molecule has 3 heterocycles. The molecule has 0 spiro atoms. The third kappa shape index (κ3) is 3.79. The minimum Gasteiger partial charge on any atom is -0.361 e. The summed E-state index contributed by atoms with van der Waals surface area (Å²) < 4.78 is 1.22. The van der Waals surface area contributed by atoms with Crippen LogP contribution >= 0.6 is 11.3 Å². The molecule has 1 fully saturated rings. The van der Waals surface area contributed by atoms with Crippen molar-refractivity contribution in [1.82, 2.24) is 15.3 Å². The molecule has 0 aliphatic carbocycles. The number of thiazole rings is 1. The number of anilines is 1. The normalized spacial score (nSPS) is 17.0. The number of benzene rings is 2. The molecule has 0 bridgehead atoms. The highest BCUT2D eigenvalue weighted by atomic mass is 32.1. The average Bonchev–Trinajstić information content (AvgIpc) is 3.38. The van der Waals surface area contributed by atoms with Crippen LogP contribution in [0.25, 0.3) is 21.1 Å². The van der Waals surface area contributed by atoms with Gasteiger partial charge in [-0.3, -0.25) is 4.79 Å². The van der Waals surface area contributed by atoms with Crippen molar-refractivity contribution in [2.24, 2.45) is 5.92 Å². The number of H-pyrrole nitrogens is 1. The van der Waals surface area contributed by atoms with Gasteiger partial charge in [-0.25, -0.2) is 4.98 Å². The Morgan fingerprint density at radius 2 is 2.20 bits per heavy atom. The van der Waals surface area contributed by atoms with Crippen molar-refractivity contribution in [2.75, 3.05) is 24.5 Å². The second-order valence-corrected chi connectivity index (χ2v) is 9.16. The SMILES string of the molecule is Cc1ccc2nc(N3CCCC(C(=O)NCCc4c[nH]c5ccccc45)C3)sc2c1. The molecule has 2 aromatic carbocycles. The molecule has 1 unspecified atom stereocenters. The zero-order valence-electron chi connectivity index (χ0n) is 17.1. The van der Waals surface area contributed by atoms with Crippen LogP contribution in [0.1, 0.15) is 24.0 Å². The summed E-state index contributed by atoms with van der Waals surface area (Å²) in [4.78, 5) is 23.2. The Bertz CT molecular complexity index is 1190. The van der Waals surface area contributed by atoms with Gasteiger partial charge in [-0.1, -0.05) is 35.6 Å². The van der Waals surface area contributed by atoms with E-state index in [1.165, 1.54) is 21.2 Å². The maximum Gasteiger partial charge on any atom is 0.224 e. The Morgan fingerprint density at radius 1 is 1.30 bits per heavy atom. The lowest BCUT2D eigenvalue weighted by Crippen LogP contribution is -2.43. The molecule has 0 saturated carbocycles. The van der Waals surface area contributed by atoms with Gasteiger partial charge in [0.15, 0.2) is 5.13 Å². The van der Waals surface area contributed by atoms with E-state index in [-0.39, 0.29) is 11.8 Å². The van der Waals surface area contributed by atoms with Gasteiger partial charge in [-0.2, -0.15) is 0 Å². The molecule has 5 nitrogen and oxygen atoms in total. The van der Waals surface area contributed by atoms with E-state index in [9.17, 15) is 4.79 Å². The number of carbonyl (C=O) groups is 1. The van der Waals surface area contributed by atoms with Gasteiger partial charge in [0.2, 0.25) is 5.91 Å². The van der Waals surface area contributed by atoms with E-state index in [0.717, 1.165) is 48.5 Å². The molecule has 1 atom stereocenters. The first kappa shape index (κ1) is 19.1. The summed E-state index contributed by atoms with van der Waals surface area (Å²) >= 11 is 1.73. The largest absolute Gasteiger partial charge is 0.361 e. The molecule has 154 valence electrons. The van der Waals surface area contributed by atoms with Crippen molar-refractivity contribution in [3.8, 4) is 0 Å². The Hall–Kier alpha value is -2.86. The Labute approximate surface area is 180 Å². The number of hydrogen-bond donors (Lipinski definition) is 2. The van der Waals surface area contributed by atoms with E-state index < -0.39 is 0 Å². The van der Waals surface area contributed by atoms with Crippen molar-refractivity contribution in [3.05, 3.63) is 59.8 Å². The average molecular weight is 419 g/mol. The number of fused-ring (bicyclic) bond motifs is 2. The minimum atomic E-state index is 0.0236. The van der Waals surface area contributed by atoms with Gasteiger partial charge in [0.25, 0.3) is 0 Å². The van der Waals surface area contributed by atoms with Gasteiger partial charge in [-0.05, 0) is 55.5 Å². The van der Waals surface area contributed by atoms with Crippen LogP contribution in [-0.2, 0) is 11.2 Å². The van der Waals surface area contributed by atoms with Gasteiger partial charge in [-0.15, -0.1) is 0 Å². The lowest BCUT2D eigenvalue weighted by atomic mass is 9.97. The van der Waals surface area contributed by atoms with Gasteiger partial charge in [0.1, 0.15) is 0 Å². The first-order valence-electron chi connectivity index (χ1n) is 10.6. The molecular formula is C24H26N4OS. The molecular weight excluding hydrogens is 392 g/mol. The number of aryl methyl sites for hydroxylation is 1. The Morgan fingerprint density at radius 3 is 3.13 bits per heavy atom. The van der Waals surface area contributed by atoms with Crippen LogP contribution in [0.3, 0.4) is 0 Å². The highest BCUT2D eigenvalue weighted by Gasteiger charge is 2.27. The molecule has 4 aromatic rings. The highest BCUT2D eigenvalue weighted by Crippen LogP contribution is 2.32. The summed E-state index contributed by atoms with van der Waals surface area (Å²) in [6.45, 7) is 4.49. The van der Waals surface area contributed by atoms with E-state index in [2.05, 4.69) is 58.5 Å². The number of nitrogens with one attached hydrogen (secondary N) is 2. The van der Waals surface area contributed by atoms with Crippen LogP contribution in [-0.4, -0.2) is 35.5 Å². The summed E-state index contributed by atoms with van der Waals surface area (Å²) in [7, 11) is 0. The number of amides is 1. The maximum absolute atomic E-state index is 12.8. The lowest BCUT2D eigenvalue weighted by Gasteiger charge is -2.31. The van der Waals surface area contributed by atoms with Crippen LogP contribution in [0.4, 0.5) is 5.13 Å². The third-order valence-corrected chi connectivity index (χ3v) is 7.04. The fourth-order valence-electron chi connectivity index (χ4n) is 4.32. The molecule has 2 aromatic heterocycles. The number of nitrogens with zero attached hydrogens (tertiary/aromatic N) is 2. The van der Waals surface area contributed by atoms with Crippen molar-refractivity contribution in [3.63, 3.8) is 0 Å². The molecule has 6 heteroatoms. The number of hydrogen-bond acceptors (Lipinski definition) is 4. The van der Waals surface area contributed by atoms with Crippen molar-refractivity contribution in [1.29, 1.82) is 0 Å². The summed E-state index contributed by atoms with van der Waals surface area (Å²) in [6, 6.07) is 14.7. The number of carbonyl (C=O) groups excluding carboxylic acids is 1. The predicted molar refractivity (Wildman–Crippen MR) is 124 cm³/mol. The van der Waals surface area contributed by atoms with Gasteiger partial charge in [0.05, 0.1) is 16.1 Å². The Balaban J connectivity index is 1.20. The molecule has 2 N–H and O–H groups in total. The molecule has 1 saturated heterocycles. The van der Waals surface area contributed by atoms with Crippen LogP contribution in [0, 0.1) is 12.8 Å². The fraction of sp³-hybridized carbons (Fsp3) is 0.333. The molecule has 30 heavy (non-hydrogen) atoms. The topological polar surface area (TPSA) is 61.0 Å². The summed E-state index contributed by atoms with van der Waals surface area (Å²) in [5, 5.41) is 5.44.